The summed E-state index contributed by atoms with van der Waals surface area (Å²) in [5.74, 6) is -1.63. The number of esters is 2. The molecule has 2 aliphatic heterocycles. The van der Waals surface area contributed by atoms with Gasteiger partial charge >= 0.3 is 17.6 Å². The summed E-state index contributed by atoms with van der Waals surface area (Å²) >= 11 is 0. The quantitative estimate of drug-likeness (QED) is 0.691. The van der Waals surface area contributed by atoms with Gasteiger partial charge in [0.25, 0.3) is 5.56 Å². The lowest BCUT2D eigenvalue weighted by atomic mass is 10.0. The Morgan fingerprint density at radius 2 is 2.05 bits per heavy atom. The van der Waals surface area contributed by atoms with Gasteiger partial charge in [-0.1, -0.05) is 6.92 Å². The minimum atomic E-state index is -1.14. The van der Waals surface area contributed by atoms with Crippen LogP contribution >= 0.6 is 0 Å². The van der Waals surface area contributed by atoms with Crippen molar-refractivity contribution in [3.05, 3.63) is 33.1 Å². The molecule has 0 saturated carbocycles. The third kappa shape index (κ3) is 2.23. The number of H-pyrrole nitrogens is 1. The minimum Gasteiger partial charge on any atom is -0.456 e. The molecule has 118 valence electrons. The number of hydrogen-bond acceptors (Lipinski definition) is 7. The number of nitrogens with zero attached hydrogens (tertiary/aromatic N) is 1. The molecule has 5 atom stereocenters. The Morgan fingerprint density at radius 3 is 2.68 bits per heavy atom. The molecule has 0 radical (unpaired) electrons. The number of ether oxygens (including phenoxy) is 3. The van der Waals surface area contributed by atoms with Gasteiger partial charge in [0, 0.05) is 25.1 Å². The third-order valence-corrected chi connectivity index (χ3v) is 3.79. The molecule has 2 aliphatic rings. The summed E-state index contributed by atoms with van der Waals surface area (Å²) in [4.78, 5) is 47.9. The molecule has 0 aromatic carbocycles. The molecule has 0 aliphatic carbocycles. The Bertz CT molecular complexity index is 736. The van der Waals surface area contributed by atoms with Crippen LogP contribution in [0.3, 0.4) is 0 Å². The van der Waals surface area contributed by atoms with E-state index in [0.717, 1.165) is 0 Å². The second-order valence-corrected chi connectivity index (χ2v) is 5.30. The van der Waals surface area contributed by atoms with E-state index in [0.29, 0.717) is 0 Å². The Labute approximate surface area is 123 Å². The number of rotatable bonds is 2. The SMILES string of the molecule is CC(=O)O[C@@H]1C(=O)O[C@@H]2[C@H](C)[C@@H](n3ccc(=O)[nH]c3=O)O[C@@H]21. The molecule has 0 amide bonds. The zero-order valence-electron chi connectivity index (χ0n) is 11.8. The first-order valence-corrected chi connectivity index (χ1v) is 6.73. The highest BCUT2D eigenvalue weighted by molar-refractivity contribution is 5.81. The van der Waals surface area contributed by atoms with E-state index in [1.807, 2.05) is 0 Å². The molecule has 3 rings (SSSR count). The maximum Gasteiger partial charge on any atom is 0.350 e. The summed E-state index contributed by atoms with van der Waals surface area (Å²) in [5, 5.41) is 0. The molecule has 3 heterocycles. The molecule has 2 fully saturated rings. The highest BCUT2D eigenvalue weighted by Gasteiger charge is 2.57. The first kappa shape index (κ1) is 14.5. The van der Waals surface area contributed by atoms with Crippen molar-refractivity contribution in [1.82, 2.24) is 9.55 Å². The number of fused-ring (bicyclic) bond motifs is 1. The van der Waals surface area contributed by atoms with Gasteiger partial charge in [-0.2, -0.15) is 0 Å². The molecule has 0 spiro atoms. The Balaban J connectivity index is 1.90. The Hall–Kier alpha value is -2.42. The number of aromatic amines is 1. The predicted molar refractivity (Wildman–Crippen MR) is 69.8 cm³/mol. The molecule has 0 bridgehead atoms. The van der Waals surface area contributed by atoms with Crippen molar-refractivity contribution in [3.63, 3.8) is 0 Å². The van der Waals surface area contributed by atoms with E-state index in [1.165, 1.54) is 23.8 Å². The van der Waals surface area contributed by atoms with Crippen molar-refractivity contribution in [2.24, 2.45) is 5.92 Å². The van der Waals surface area contributed by atoms with Crippen molar-refractivity contribution >= 4 is 11.9 Å². The van der Waals surface area contributed by atoms with Crippen molar-refractivity contribution in [2.75, 3.05) is 0 Å². The predicted octanol–water partition coefficient (Wildman–Crippen LogP) is -1.07. The van der Waals surface area contributed by atoms with Gasteiger partial charge in [-0.05, 0) is 0 Å². The topological polar surface area (TPSA) is 117 Å². The van der Waals surface area contributed by atoms with Gasteiger partial charge in [-0.25, -0.2) is 9.59 Å². The molecule has 9 heteroatoms. The minimum absolute atomic E-state index is 0.349. The first-order valence-electron chi connectivity index (χ1n) is 6.73. The zero-order valence-corrected chi connectivity index (χ0v) is 11.8. The van der Waals surface area contributed by atoms with Crippen molar-refractivity contribution in [1.29, 1.82) is 0 Å². The molecule has 0 unspecified atom stereocenters. The second kappa shape index (κ2) is 5.09. The van der Waals surface area contributed by atoms with E-state index >= 15 is 0 Å². The van der Waals surface area contributed by atoms with Gasteiger partial charge in [-0.15, -0.1) is 0 Å². The average Bonchev–Trinajstić information content (AvgIpc) is 2.89. The van der Waals surface area contributed by atoms with Gasteiger partial charge in [0.1, 0.15) is 18.4 Å². The molecular formula is C13H14N2O7. The number of carbonyl (C=O) groups is 2. The van der Waals surface area contributed by atoms with Crippen LogP contribution < -0.4 is 11.2 Å². The fourth-order valence-corrected chi connectivity index (χ4v) is 2.82. The van der Waals surface area contributed by atoms with Crippen LogP contribution in [0.4, 0.5) is 0 Å². The van der Waals surface area contributed by atoms with E-state index in [2.05, 4.69) is 4.98 Å². The lowest BCUT2D eigenvalue weighted by Gasteiger charge is -2.20. The number of aromatic nitrogens is 2. The van der Waals surface area contributed by atoms with Gasteiger partial charge in [0.05, 0.1) is 0 Å². The molecule has 22 heavy (non-hydrogen) atoms. The summed E-state index contributed by atoms with van der Waals surface area (Å²) in [7, 11) is 0. The standard InChI is InChI=1S/C13H14N2O7/c1-5-8-9(10(12(18)22-8)20-6(2)16)21-11(5)15-4-3-7(17)14-13(15)19/h3-5,8-11H,1-2H3,(H,14,17,19)/t5-,8+,9-,10-,11-/m0/s1. The summed E-state index contributed by atoms with van der Waals surface area (Å²) in [6.07, 6.45) is -1.97. The molecule has 1 aromatic heterocycles. The highest BCUT2D eigenvalue weighted by Crippen LogP contribution is 2.41. The molecule has 9 nitrogen and oxygen atoms in total. The van der Waals surface area contributed by atoms with Crippen molar-refractivity contribution < 1.29 is 23.8 Å². The van der Waals surface area contributed by atoms with Crippen LogP contribution in [0.25, 0.3) is 0 Å². The normalized spacial score (nSPS) is 33.4. The number of carbonyl (C=O) groups excluding carboxylic acids is 2. The number of hydrogen-bond donors (Lipinski definition) is 1. The van der Waals surface area contributed by atoms with Crippen LogP contribution in [0.15, 0.2) is 21.9 Å². The first-order chi connectivity index (χ1) is 10.4. The molecule has 2 saturated heterocycles. The molecule has 1 N–H and O–H groups in total. The lowest BCUT2D eigenvalue weighted by Crippen LogP contribution is -2.36. The van der Waals surface area contributed by atoms with Crippen LogP contribution in [-0.4, -0.2) is 39.8 Å². The largest absolute Gasteiger partial charge is 0.456 e. The van der Waals surface area contributed by atoms with Gasteiger partial charge in [0.15, 0.2) is 0 Å². The summed E-state index contributed by atoms with van der Waals surface area (Å²) in [6, 6.07) is 1.20. The van der Waals surface area contributed by atoms with Gasteiger partial charge in [-0.3, -0.25) is 19.1 Å². The maximum absolute atomic E-state index is 11.9. The average molecular weight is 310 g/mol. The Kier molecular flexibility index (Phi) is 3.36. The highest BCUT2D eigenvalue weighted by atomic mass is 16.7. The van der Waals surface area contributed by atoms with Crippen LogP contribution in [-0.2, 0) is 23.8 Å². The van der Waals surface area contributed by atoms with E-state index in [-0.39, 0.29) is 5.92 Å². The molecular weight excluding hydrogens is 296 g/mol. The fraction of sp³-hybridized carbons (Fsp3) is 0.538. The summed E-state index contributed by atoms with van der Waals surface area (Å²) in [5.41, 5.74) is -1.14. The smallest absolute Gasteiger partial charge is 0.350 e. The monoisotopic (exact) mass is 310 g/mol. The van der Waals surface area contributed by atoms with Gasteiger partial charge < -0.3 is 14.2 Å². The Morgan fingerprint density at radius 1 is 1.32 bits per heavy atom. The third-order valence-electron chi connectivity index (χ3n) is 3.79. The summed E-state index contributed by atoms with van der Waals surface area (Å²) in [6.45, 7) is 2.93. The molecule has 1 aromatic rings. The van der Waals surface area contributed by atoms with Gasteiger partial charge in [0.2, 0.25) is 6.10 Å². The van der Waals surface area contributed by atoms with Crippen LogP contribution in [0.5, 0.6) is 0 Å². The van der Waals surface area contributed by atoms with E-state index < -0.39 is 47.7 Å². The van der Waals surface area contributed by atoms with Crippen LogP contribution in [0, 0.1) is 5.92 Å². The maximum atomic E-state index is 11.9. The fourth-order valence-electron chi connectivity index (χ4n) is 2.82. The summed E-state index contributed by atoms with van der Waals surface area (Å²) < 4.78 is 17.1. The second-order valence-electron chi connectivity index (χ2n) is 5.30. The van der Waals surface area contributed by atoms with E-state index in [1.54, 1.807) is 6.92 Å². The van der Waals surface area contributed by atoms with Crippen molar-refractivity contribution in [2.45, 2.75) is 38.4 Å². The lowest BCUT2D eigenvalue weighted by molar-refractivity contribution is -0.166. The van der Waals surface area contributed by atoms with E-state index in [4.69, 9.17) is 14.2 Å². The van der Waals surface area contributed by atoms with Crippen LogP contribution in [0.1, 0.15) is 20.1 Å². The zero-order chi connectivity index (χ0) is 16.0. The van der Waals surface area contributed by atoms with E-state index in [9.17, 15) is 19.2 Å². The van der Waals surface area contributed by atoms with Crippen LogP contribution in [0.2, 0.25) is 0 Å². The van der Waals surface area contributed by atoms with Crippen molar-refractivity contribution in [3.8, 4) is 0 Å². The number of nitrogens with one attached hydrogen (secondary N) is 1.